The molecule has 11 heavy (non-hydrogen) atoms. The fraction of sp³-hybridized carbons (Fsp3) is 1.00. The van der Waals surface area contributed by atoms with E-state index in [1.54, 1.807) is 0 Å². The van der Waals surface area contributed by atoms with Crippen LogP contribution in [-0.4, -0.2) is 12.7 Å². The van der Waals surface area contributed by atoms with Crippen molar-refractivity contribution in [1.29, 1.82) is 0 Å². The van der Waals surface area contributed by atoms with Gasteiger partial charge in [0.05, 0.1) is 6.10 Å². The lowest BCUT2D eigenvalue weighted by Gasteiger charge is -2.34. The quantitative estimate of drug-likeness (QED) is 0.597. The first-order valence-electron chi connectivity index (χ1n) is 4.76. The van der Waals surface area contributed by atoms with Crippen LogP contribution >= 0.6 is 0 Å². The fourth-order valence-corrected chi connectivity index (χ4v) is 2.01. The predicted molar refractivity (Wildman–Crippen MR) is 47.7 cm³/mol. The van der Waals surface area contributed by atoms with Gasteiger partial charge >= 0.3 is 0 Å². The van der Waals surface area contributed by atoms with Gasteiger partial charge in [0.25, 0.3) is 0 Å². The minimum atomic E-state index is 0.526. The van der Waals surface area contributed by atoms with Crippen LogP contribution in [0.3, 0.4) is 0 Å². The van der Waals surface area contributed by atoms with E-state index in [1.165, 1.54) is 25.7 Å². The molecule has 1 fully saturated rings. The van der Waals surface area contributed by atoms with E-state index in [0.717, 1.165) is 6.61 Å². The molecule has 1 saturated carbocycles. The summed E-state index contributed by atoms with van der Waals surface area (Å²) in [4.78, 5) is 0. The Kier molecular flexibility index (Phi) is 2.94. The van der Waals surface area contributed by atoms with E-state index in [4.69, 9.17) is 4.74 Å². The van der Waals surface area contributed by atoms with Crippen LogP contribution in [0.1, 0.15) is 46.5 Å². The third kappa shape index (κ3) is 2.82. The van der Waals surface area contributed by atoms with Gasteiger partial charge in [-0.2, -0.15) is 0 Å². The number of rotatable bonds is 2. The standard InChI is InChI=1S/C10H20O/c1-4-11-9-6-5-7-10(2,3)8-9/h9H,4-8H2,1-3H3/t9-/m0/s1. The predicted octanol–water partition coefficient (Wildman–Crippen LogP) is 2.99. The van der Waals surface area contributed by atoms with Crippen LogP contribution in [0.25, 0.3) is 0 Å². The van der Waals surface area contributed by atoms with Gasteiger partial charge in [-0.05, 0) is 31.6 Å². The molecule has 0 aromatic carbocycles. The summed E-state index contributed by atoms with van der Waals surface area (Å²) in [6, 6.07) is 0. The molecule has 0 bridgehead atoms. The normalized spacial score (nSPS) is 30.3. The van der Waals surface area contributed by atoms with Crippen LogP contribution in [0.15, 0.2) is 0 Å². The molecule has 0 amide bonds. The van der Waals surface area contributed by atoms with E-state index in [1.807, 2.05) is 0 Å². The van der Waals surface area contributed by atoms with Gasteiger partial charge in [0, 0.05) is 6.61 Å². The molecule has 1 aliphatic carbocycles. The molecule has 1 heteroatoms. The molecule has 0 aromatic rings. The first-order valence-corrected chi connectivity index (χ1v) is 4.76. The molecule has 0 saturated heterocycles. The van der Waals surface area contributed by atoms with Gasteiger partial charge in [0.2, 0.25) is 0 Å². The number of hydrogen-bond donors (Lipinski definition) is 0. The lowest BCUT2D eigenvalue weighted by Crippen LogP contribution is -2.28. The van der Waals surface area contributed by atoms with Gasteiger partial charge in [0.15, 0.2) is 0 Å². The topological polar surface area (TPSA) is 9.23 Å². The molecule has 0 aromatic heterocycles. The van der Waals surface area contributed by atoms with Gasteiger partial charge in [-0.3, -0.25) is 0 Å². The Morgan fingerprint density at radius 3 is 2.73 bits per heavy atom. The molecule has 1 atom stereocenters. The first-order chi connectivity index (χ1) is 5.14. The minimum absolute atomic E-state index is 0.526. The minimum Gasteiger partial charge on any atom is -0.378 e. The zero-order valence-electron chi connectivity index (χ0n) is 8.02. The molecule has 0 aliphatic heterocycles. The van der Waals surface area contributed by atoms with E-state index >= 15 is 0 Å². The summed E-state index contributed by atoms with van der Waals surface area (Å²) >= 11 is 0. The maximum absolute atomic E-state index is 5.62. The van der Waals surface area contributed by atoms with Gasteiger partial charge in [0.1, 0.15) is 0 Å². The summed E-state index contributed by atoms with van der Waals surface area (Å²) in [6.45, 7) is 7.65. The Bertz CT molecular complexity index is 116. The summed E-state index contributed by atoms with van der Waals surface area (Å²) in [6.07, 6.45) is 5.79. The molecule has 0 spiro atoms. The lowest BCUT2D eigenvalue weighted by atomic mass is 9.76. The Morgan fingerprint density at radius 1 is 1.45 bits per heavy atom. The van der Waals surface area contributed by atoms with Crippen molar-refractivity contribution in [2.24, 2.45) is 5.41 Å². The van der Waals surface area contributed by atoms with Crippen LogP contribution in [-0.2, 0) is 4.74 Å². The third-order valence-corrected chi connectivity index (χ3v) is 2.56. The Labute approximate surface area is 70.1 Å². The zero-order chi connectivity index (χ0) is 8.32. The van der Waals surface area contributed by atoms with Crippen molar-refractivity contribution in [2.75, 3.05) is 6.61 Å². The zero-order valence-corrected chi connectivity index (χ0v) is 8.02. The van der Waals surface area contributed by atoms with Gasteiger partial charge in [-0.15, -0.1) is 0 Å². The second kappa shape index (κ2) is 3.57. The average molecular weight is 156 g/mol. The summed E-state index contributed by atoms with van der Waals surface area (Å²) < 4.78 is 5.62. The van der Waals surface area contributed by atoms with E-state index in [9.17, 15) is 0 Å². The summed E-state index contributed by atoms with van der Waals surface area (Å²) in [5, 5.41) is 0. The van der Waals surface area contributed by atoms with Gasteiger partial charge in [-0.1, -0.05) is 20.3 Å². The molecule has 1 aliphatic rings. The van der Waals surface area contributed by atoms with Gasteiger partial charge < -0.3 is 4.74 Å². The van der Waals surface area contributed by atoms with Crippen LogP contribution in [0.4, 0.5) is 0 Å². The second-order valence-corrected chi connectivity index (χ2v) is 4.34. The van der Waals surface area contributed by atoms with Crippen molar-refractivity contribution in [3.05, 3.63) is 0 Å². The smallest absolute Gasteiger partial charge is 0.0580 e. The highest BCUT2D eigenvalue weighted by Gasteiger charge is 2.27. The van der Waals surface area contributed by atoms with E-state index in [-0.39, 0.29) is 0 Å². The van der Waals surface area contributed by atoms with Crippen molar-refractivity contribution in [1.82, 2.24) is 0 Å². The van der Waals surface area contributed by atoms with Crippen molar-refractivity contribution in [2.45, 2.75) is 52.6 Å². The molecule has 0 N–H and O–H groups in total. The first kappa shape index (κ1) is 9.05. The summed E-state index contributed by atoms with van der Waals surface area (Å²) in [5.41, 5.74) is 0.526. The largest absolute Gasteiger partial charge is 0.378 e. The molecule has 1 rings (SSSR count). The second-order valence-electron chi connectivity index (χ2n) is 4.34. The van der Waals surface area contributed by atoms with Crippen LogP contribution < -0.4 is 0 Å². The highest BCUT2D eigenvalue weighted by Crippen LogP contribution is 2.36. The van der Waals surface area contributed by atoms with Crippen molar-refractivity contribution in [3.8, 4) is 0 Å². The molecule has 66 valence electrons. The van der Waals surface area contributed by atoms with Crippen LogP contribution in [0, 0.1) is 5.41 Å². The number of hydrogen-bond acceptors (Lipinski definition) is 1. The Balaban J connectivity index is 2.34. The monoisotopic (exact) mass is 156 g/mol. The van der Waals surface area contributed by atoms with Crippen molar-refractivity contribution in [3.63, 3.8) is 0 Å². The SMILES string of the molecule is CCO[C@H]1CCCC(C)(C)C1. The maximum Gasteiger partial charge on any atom is 0.0580 e. The Hall–Kier alpha value is -0.0400. The molecular weight excluding hydrogens is 136 g/mol. The van der Waals surface area contributed by atoms with Crippen molar-refractivity contribution >= 4 is 0 Å². The molecular formula is C10H20O. The molecule has 1 nitrogen and oxygen atoms in total. The highest BCUT2D eigenvalue weighted by atomic mass is 16.5. The summed E-state index contributed by atoms with van der Waals surface area (Å²) in [7, 11) is 0. The summed E-state index contributed by atoms with van der Waals surface area (Å²) in [5.74, 6) is 0. The van der Waals surface area contributed by atoms with Crippen molar-refractivity contribution < 1.29 is 4.74 Å². The average Bonchev–Trinajstić information content (AvgIpc) is 1.85. The van der Waals surface area contributed by atoms with E-state index < -0.39 is 0 Å². The van der Waals surface area contributed by atoms with E-state index in [0.29, 0.717) is 11.5 Å². The third-order valence-electron chi connectivity index (χ3n) is 2.56. The van der Waals surface area contributed by atoms with Crippen LogP contribution in [0.5, 0.6) is 0 Å². The highest BCUT2D eigenvalue weighted by molar-refractivity contribution is 4.79. The Morgan fingerprint density at radius 2 is 2.18 bits per heavy atom. The number of ether oxygens (including phenoxy) is 1. The molecule has 0 unspecified atom stereocenters. The lowest BCUT2D eigenvalue weighted by molar-refractivity contribution is 0.000362. The van der Waals surface area contributed by atoms with E-state index in [2.05, 4.69) is 20.8 Å². The maximum atomic E-state index is 5.62. The molecule has 0 heterocycles. The molecule has 0 radical (unpaired) electrons. The van der Waals surface area contributed by atoms with Crippen LogP contribution in [0.2, 0.25) is 0 Å². The fourth-order valence-electron chi connectivity index (χ4n) is 2.01. The van der Waals surface area contributed by atoms with Gasteiger partial charge in [-0.25, -0.2) is 0 Å².